The molecule has 14 heavy (non-hydrogen) atoms. The molecule has 0 aliphatic carbocycles. The van der Waals surface area contributed by atoms with Gasteiger partial charge in [-0.2, -0.15) is 0 Å². The summed E-state index contributed by atoms with van der Waals surface area (Å²) in [5.74, 6) is -1.48. The molecule has 0 saturated heterocycles. The van der Waals surface area contributed by atoms with E-state index in [1.807, 2.05) is 0 Å². The summed E-state index contributed by atoms with van der Waals surface area (Å²) in [7, 11) is 0. The van der Waals surface area contributed by atoms with E-state index in [1.54, 1.807) is 0 Å². The number of halogens is 3. The Kier molecular flexibility index (Phi) is 3.66. The summed E-state index contributed by atoms with van der Waals surface area (Å²) in [5.41, 5.74) is -0.0607. The number of aliphatic hydroxyl groups excluding tert-OH is 1. The van der Waals surface area contributed by atoms with E-state index in [4.69, 9.17) is 16.7 Å². The molecule has 0 aliphatic rings. The highest BCUT2D eigenvalue weighted by atomic mass is 35.5. The van der Waals surface area contributed by atoms with E-state index in [0.717, 1.165) is 6.07 Å². The van der Waals surface area contributed by atoms with Crippen molar-refractivity contribution in [2.45, 2.75) is 6.92 Å². The molecule has 0 radical (unpaired) electrons. The first-order valence-electron chi connectivity index (χ1n) is 4.06. The minimum atomic E-state index is -0.758. The van der Waals surface area contributed by atoms with E-state index in [-0.39, 0.29) is 29.4 Å². The van der Waals surface area contributed by atoms with Crippen molar-refractivity contribution < 1.29 is 13.9 Å². The topological polar surface area (TPSA) is 32.3 Å². The van der Waals surface area contributed by atoms with Crippen LogP contribution in [-0.2, 0) is 0 Å². The maximum absolute atomic E-state index is 13.4. The third-order valence-corrected chi connectivity index (χ3v) is 2.21. The highest BCUT2D eigenvalue weighted by Gasteiger charge is 2.14. The van der Waals surface area contributed by atoms with Gasteiger partial charge in [0, 0.05) is 17.1 Å². The quantitative estimate of drug-likeness (QED) is 0.821. The summed E-state index contributed by atoms with van der Waals surface area (Å²) in [6.45, 7) is 1.36. The molecule has 0 heterocycles. The molecular weight excluding hydrogens is 212 g/mol. The second-order valence-corrected chi connectivity index (χ2v) is 3.21. The Bertz CT molecular complexity index is 344. The maximum Gasteiger partial charge on any atom is 0.153 e. The molecule has 0 aliphatic heterocycles. The van der Waals surface area contributed by atoms with Crippen molar-refractivity contribution in [1.82, 2.24) is 0 Å². The molecule has 0 unspecified atom stereocenters. The first-order valence-corrected chi connectivity index (χ1v) is 4.44. The van der Waals surface area contributed by atoms with Crippen molar-refractivity contribution in [2.75, 3.05) is 18.5 Å². The average molecular weight is 222 g/mol. The van der Waals surface area contributed by atoms with Crippen molar-refractivity contribution in [1.29, 1.82) is 0 Å². The van der Waals surface area contributed by atoms with Crippen molar-refractivity contribution in [3.8, 4) is 0 Å². The van der Waals surface area contributed by atoms with Gasteiger partial charge in [-0.15, -0.1) is 0 Å². The van der Waals surface area contributed by atoms with Crippen molar-refractivity contribution >= 4 is 17.3 Å². The summed E-state index contributed by atoms with van der Waals surface area (Å²) >= 11 is 5.57. The molecule has 1 rings (SSSR count). The Morgan fingerprint density at radius 1 is 1.50 bits per heavy atom. The zero-order valence-electron chi connectivity index (χ0n) is 7.57. The van der Waals surface area contributed by atoms with Gasteiger partial charge in [0.1, 0.15) is 5.69 Å². The Labute approximate surface area is 85.5 Å². The van der Waals surface area contributed by atoms with Crippen LogP contribution < -0.4 is 5.32 Å². The van der Waals surface area contributed by atoms with Crippen LogP contribution in [0.5, 0.6) is 0 Å². The monoisotopic (exact) mass is 221 g/mol. The van der Waals surface area contributed by atoms with Gasteiger partial charge in [0.05, 0.1) is 6.61 Å². The molecule has 0 saturated carbocycles. The standard InChI is InChI=1S/C9H10ClF2NO/c1-5-6(10)4-7(11)9(8(5)12)13-2-3-14/h4,13-14H,2-3H2,1H3. The zero-order chi connectivity index (χ0) is 10.7. The van der Waals surface area contributed by atoms with Crippen molar-refractivity contribution in [3.63, 3.8) is 0 Å². The molecule has 0 spiro atoms. The van der Waals surface area contributed by atoms with Gasteiger partial charge in [-0.1, -0.05) is 11.6 Å². The van der Waals surface area contributed by atoms with Crippen LogP contribution in [0, 0.1) is 18.6 Å². The molecule has 78 valence electrons. The largest absolute Gasteiger partial charge is 0.395 e. The second kappa shape index (κ2) is 4.57. The van der Waals surface area contributed by atoms with Gasteiger partial charge in [0.2, 0.25) is 0 Å². The van der Waals surface area contributed by atoms with Crippen LogP contribution in [0.15, 0.2) is 6.07 Å². The van der Waals surface area contributed by atoms with E-state index < -0.39 is 11.6 Å². The van der Waals surface area contributed by atoms with Gasteiger partial charge in [-0.3, -0.25) is 0 Å². The maximum atomic E-state index is 13.4. The van der Waals surface area contributed by atoms with Crippen LogP contribution in [-0.4, -0.2) is 18.3 Å². The highest BCUT2D eigenvalue weighted by Crippen LogP contribution is 2.27. The van der Waals surface area contributed by atoms with Crippen LogP contribution >= 0.6 is 11.6 Å². The lowest BCUT2D eigenvalue weighted by Gasteiger charge is -2.10. The fourth-order valence-electron chi connectivity index (χ4n) is 1.03. The lowest BCUT2D eigenvalue weighted by Crippen LogP contribution is -2.09. The van der Waals surface area contributed by atoms with Crippen molar-refractivity contribution in [3.05, 3.63) is 28.3 Å². The first-order chi connectivity index (χ1) is 6.57. The lowest BCUT2D eigenvalue weighted by atomic mass is 10.2. The molecule has 0 aromatic heterocycles. The van der Waals surface area contributed by atoms with Gasteiger partial charge < -0.3 is 10.4 Å². The van der Waals surface area contributed by atoms with Gasteiger partial charge >= 0.3 is 0 Å². The third kappa shape index (κ3) is 2.13. The molecule has 2 N–H and O–H groups in total. The molecule has 5 heteroatoms. The lowest BCUT2D eigenvalue weighted by molar-refractivity contribution is 0.310. The molecule has 1 aromatic carbocycles. The number of aliphatic hydroxyl groups is 1. The Hall–Kier alpha value is -0.870. The summed E-state index contributed by atoms with van der Waals surface area (Å²) < 4.78 is 26.5. The SMILES string of the molecule is Cc1c(Cl)cc(F)c(NCCO)c1F. The summed E-state index contributed by atoms with van der Waals surface area (Å²) in [5, 5.41) is 11.0. The number of hydrogen-bond donors (Lipinski definition) is 2. The fraction of sp³-hybridized carbons (Fsp3) is 0.333. The molecule has 0 fully saturated rings. The molecule has 0 amide bonds. The van der Waals surface area contributed by atoms with E-state index in [9.17, 15) is 8.78 Å². The van der Waals surface area contributed by atoms with E-state index in [1.165, 1.54) is 6.92 Å². The molecular formula is C9H10ClF2NO. The van der Waals surface area contributed by atoms with Crippen LogP contribution in [0.25, 0.3) is 0 Å². The predicted octanol–water partition coefficient (Wildman–Crippen LogP) is 2.33. The number of rotatable bonds is 3. The second-order valence-electron chi connectivity index (χ2n) is 2.80. The third-order valence-electron chi connectivity index (χ3n) is 1.81. The average Bonchev–Trinajstić information content (AvgIpc) is 2.14. The van der Waals surface area contributed by atoms with E-state index in [0.29, 0.717) is 0 Å². The number of benzene rings is 1. The Morgan fingerprint density at radius 3 is 2.71 bits per heavy atom. The van der Waals surface area contributed by atoms with Gasteiger partial charge in [0.25, 0.3) is 0 Å². The predicted molar refractivity (Wildman–Crippen MR) is 51.7 cm³/mol. The molecule has 1 aromatic rings. The van der Waals surface area contributed by atoms with Gasteiger partial charge in [-0.05, 0) is 13.0 Å². The number of hydrogen-bond acceptors (Lipinski definition) is 2. The van der Waals surface area contributed by atoms with Crippen LogP contribution in [0.2, 0.25) is 5.02 Å². The molecule has 0 atom stereocenters. The van der Waals surface area contributed by atoms with Crippen LogP contribution in [0.1, 0.15) is 5.56 Å². The van der Waals surface area contributed by atoms with E-state index in [2.05, 4.69) is 5.32 Å². The summed E-state index contributed by atoms with van der Waals surface area (Å²) in [4.78, 5) is 0. The van der Waals surface area contributed by atoms with E-state index >= 15 is 0 Å². The zero-order valence-corrected chi connectivity index (χ0v) is 8.33. The minimum Gasteiger partial charge on any atom is -0.395 e. The van der Waals surface area contributed by atoms with Crippen LogP contribution in [0.4, 0.5) is 14.5 Å². The fourth-order valence-corrected chi connectivity index (χ4v) is 1.21. The number of anilines is 1. The first kappa shape index (κ1) is 11.2. The Morgan fingerprint density at radius 2 is 2.14 bits per heavy atom. The van der Waals surface area contributed by atoms with Crippen LogP contribution in [0.3, 0.4) is 0 Å². The van der Waals surface area contributed by atoms with Gasteiger partial charge in [-0.25, -0.2) is 8.78 Å². The molecule has 0 bridgehead atoms. The number of nitrogens with one attached hydrogen (secondary N) is 1. The van der Waals surface area contributed by atoms with Gasteiger partial charge in [0.15, 0.2) is 11.6 Å². The molecule has 2 nitrogen and oxygen atoms in total. The normalized spacial score (nSPS) is 10.4. The summed E-state index contributed by atoms with van der Waals surface area (Å²) in [6.07, 6.45) is 0. The minimum absolute atomic E-state index is 0.0505. The Balaban J connectivity index is 3.09. The smallest absolute Gasteiger partial charge is 0.153 e. The summed E-state index contributed by atoms with van der Waals surface area (Å²) in [6, 6.07) is 1.04. The van der Waals surface area contributed by atoms with Crippen molar-refractivity contribution in [2.24, 2.45) is 0 Å². The highest BCUT2D eigenvalue weighted by molar-refractivity contribution is 6.31.